The van der Waals surface area contributed by atoms with E-state index in [-0.39, 0.29) is 12.7 Å². The van der Waals surface area contributed by atoms with Crippen molar-refractivity contribution in [2.45, 2.75) is 64.3 Å². The van der Waals surface area contributed by atoms with Gasteiger partial charge in [-0.25, -0.2) is 14.8 Å². The van der Waals surface area contributed by atoms with Crippen LogP contribution in [-0.2, 0) is 16.8 Å². The van der Waals surface area contributed by atoms with Gasteiger partial charge in [0.05, 0.1) is 22.2 Å². The average Bonchev–Trinajstić information content (AvgIpc) is 3.06. The summed E-state index contributed by atoms with van der Waals surface area (Å²) in [7, 11) is 0. The Morgan fingerprint density at radius 1 is 0.922 bits per heavy atom. The second kappa shape index (κ2) is 15.4. The number of hydrogen-bond donors (Lipinski definition) is 0. The van der Waals surface area contributed by atoms with Crippen molar-refractivity contribution in [3.05, 3.63) is 76.1 Å². The highest BCUT2D eigenvalue weighted by molar-refractivity contribution is 6.32. The van der Waals surface area contributed by atoms with Crippen LogP contribution < -0.4 is 14.4 Å². The lowest BCUT2D eigenvalue weighted by Crippen LogP contribution is -2.71. The SMILES string of the molecule is CC(C)(C)OC(=O)N1CC(N2CC(N3CCN(c4nccc(COc5ccc(C(C)(C)c6cc(Cl)c(OCCCl)c(C#N)c6)cc5)n4)CC3)C2)C1. The van der Waals surface area contributed by atoms with Gasteiger partial charge in [0.2, 0.25) is 5.95 Å². The van der Waals surface area contributed by atoms with Crippen LogP contribution in [0.1, 0.15) is 57.0 Å². The molecule has 3 fully saturated rings. The maximum atomic E-state index is 12.3. The van der Waals surface area contributed by atoms with Crippen molar-refractivity contribution in [2.75, 3.05) is 69.7 Å². The summed E-state index contributed by atoms with van der Waals surface area (Å²) in [4.78, 5) is 30.8. The van der Waals surface area contributed by atoms with Gasteiger partial charge in [-0.2, -0.15) is 5.26 Å². The van der Waals surface area contributed by atoms with Gasteiger partial charge < -0.3 is 24.0 Å². The third-order valence-corrected chi connectivity index (χ3v) is 10.3. The molecule has 1 amide bonds. The summed E-state index contributed by atoms with van der Waals surface area (Å²) in [5.74, 6) is 2.13. The van der Waals surface area contributed by atoms with E-state index < -0.39 is 11.0 Å². The van der Waals surface area contributed by atoms with Crippen molar-refractivity contribution in [2.24, 2.45) is 0 Å². The summed E-state index contributed by atoms with van der Waals surface area (Å²) in [6, 6.07) is 16.7. The van der Waals surface area contributed by atoms with Gasteiger partial charge in [0, 0.05) is 76.1 Å². The number of anilines is 1. The molecule has 3 aliphatic heterocycles. The molecule has 0 spiro atoms. The molecule has 4 heterocycles. The number of aromatic nitrogens is 2. The Labute approximate surface area is 311 Å². The monoisotopic (exact) mass is 735 g/mol. The van der Waals surface area contributed by atoms with Crippen LogP contribution in [0.3, 0.4) is 0 Å². The Balaban J connectivity index is 0.962. The minimum Gasteiger partial charge on any atom is -0.489 e. The first kappa shape index (κ1) is 37.0. The first-order valence-corrected chi connectivity index (χ1v) is 18.4. The number of likely N-dealkylation sites (tertiary alicyclic amines) is 2. The summed E-state index contributed by atoms with van der Waals surface area (Å²) in [5, 5.41) is 10.1. The van der Waals surface area contributed by atoms with Gasteiger partial charge in [0.15, 0.2) is 5.75 Å². The number of carbonyl (C=O) groups excluding carboxylic acids is 1. The molecule has 3 aliphatic rings. The van der Waals surface area contributed by atoms with Crippen LogP contribution in [0.2, 0.25) is 5.02 Å². The summed E-state index contributed by atoms with van der Waals surface area (Å²) < 4.78 is 17.2. The molecular formula is C38H47Cl2N7O4. The van der Waals surface area contributed by atoms with E-state index in [9.17, 15) is 10.1 Å². The van der Waals surface area contributed by atoms with Crippen LogP contribution in [0.15, 0.2) is 48.7 Å². The van der Waals surface area contributed by atoms with Gasteiger partial charge in [-0.15, -0.1) is 11.6 Å². The summed E-state index contributed by atoms with van der Waals surface area (Å²) in [6.45, 7) is 17.8. The Bertz CT molecular complexity index is 1720. The molecule has 0 saturated carbocycles. The summed E-state index contributed by atoms with van der Waals surface area (Å²) in [5.41, 5.74) is 2.27. The zero-order chi connectivity index (χ0) is 36.3. The highest BCUT2D eigenvalue weighted by atomic mass is 35.5. The van der Waals surface area contributed by atoms with Gasteiger partial charge in [0.1, 0.15) is 30.6 Å². The molecule has 272 valence electrons. The number of alkyl halides is 1. The van der Waals surface area contributed by atoms with Gasteiger partial charge in [-0.3, -0.25) is 9.80 Å². The topological polar surface area (TPSA) is 107 Å². The number of ether oxygens (including phenoxy) is 3. The average molecular weight is 737 g/mol. The Kier molecular flexibility index (Phi) is 11.2. The summed E-state index contributed by atoms with van der Waals surface area (Å²) in [6.07, 6.45) is 1.59. The second-order valence-electron chi connectivity index (χ2n) is 14.9. The van der Waals surface area contributed by atoms with E-state index in [4.69, 9.17) is 42.4 Å². The fraction of sp³-hybridized carbons (Fsp3) is 0.526. The van der Waals surface area contributed by atoms with E-state index >= 15 is 0 Å². The standard InChI is InChI=1S/C38H47Cl2N7O4/c1-37(2,3)51-36(48)47-23-31(24-47)46-21-30(22-46)44-13-15-45(16-14-44)35-42-12-10-29(43-35)25-50-32-8-6-27(7-9-32)38(4,5)28-18-26(20-41)34(33(40)19-28)49-17-11-39/h6-10,12,18-19,30-31H,11,13-17,21-25H2,1-5H3. The van der Waals surface area contributed by atoms with E-state index in [0.717, 1.165) is 80.9 Å². The molecule has 0 aliphatic carbocycles. The third-order valence-electron chi connectivity index (χ3n) is 9.91. The quantitative estimate of drug-likeness (QED) is 0.219. The fourth-order valence-electron chi connectivity index (χ4n) is 6.70. The van der Waals surface area contributed by atoms with Crippen molar-refractivity contribution >= 4 is 35.2 Å². The lowest BCUT2D eigenvalue weighted by molar-refractivity contribution is -0.0584. The molecule has 3 saturated heterocycles. The molecule has 51 heavy (non-hydrogen) atoms. The van der Waals surface area contributed by atoms with Crippen LogP contribution >= 0.6 is 23.2 Å². The van der Waals surface area contributed by atoms with Crippen molar-refractivity contribution in [1.82, 2.24) is 24.7 Å². The van der Waals surface area contributed by atoms with Crippen LogP contribution in [-0.4, -0.2) is 113 Å². The van der Waals surface area contributed by atoms with Crippen LogP contribution in [0, 0.1) is 11.3 Å². The maximum absolute atomic E-state index is 12.3. The lowest BCUT2D eigenvalue weighted by Gasteiger charge is -2.54. The van der Waals surface area contributed by atoms with Crippen LogP contribution in [0.25, 0.3) is 0 Å². The number of nitrogens with zero attached hydrogens (tertiary/aromatic N) is 7. The molecule has 13 heteroatoms. The predicted molar refractivity (Wildman–Crippen MR) is 198 cm³/mol. The maximum Gasteiger partial charge on any atom is 0.410 e. The number of piperazine rings is 1. The highest BCUT2D eigenvalue weighted by Crippen LogP contribution is 2.39. The molecule has 0 unspecified atom stereocenters. The molecule has 6 rings (SSSR count). The van der Waals surface area contributed by atoms with Crippen LogP contribution in [0.5, 0.6) is 11.5 Å². The number of nitriles is 1. The molecule has 0 bridgehead atoms. The number of halogens is 2. The molecule has 0 N–H and O–H groups in total. The minimum absolute atomic E-state index is 0.212. The molecule has 3 aromatic rings. The van der Waals surface area contributed by atoms with Gasteiger partial charge >= 0.3 is 6.09 Å². The Morgan fingerprint density at radius 2 is 1.61 bits per heavy atom. The molecule has 2 aromatic carbocycles. The normalized spacial score (nSPS) is 17.8. The number of hydrogen-bond acceptors (Lipinski definition) is 10. The number of amides is 1. The first-order valence-electron chi connectivity index (χ1n) is 17.5. The van der Waals surface area contributed by atoms with Crippen molar-refractivity contribution in [3.8, 4) is 17.6 Å². The summed E-state index contributed by atoms with van der Waals surface area (Å²) >= 11 is 12.3. The van der Waals surface area contributed by atoms with E-state index in [1.807, 2.05) is 63.2 Å². The number of rotatable bonds is 11. The Hall–Kier alpha value is -3.82. The van der Waals surface area contributed by atoms with Crippen LogP contribution in [0.4, 0.5) is 10.7 Å². The molecular weight excluding hydrogens is 689 g/mol. The van der Waals surface area contributed by atoms with Gasteiger partial charge in [0.25, 0.3) is 0 Å². The van der Waals surface area contributed by atoms with Crippen molar-refractivity contribution in [1.29, 1.82) is 5.26 Å². The van der Waals surface area contributed by atoms with Gasteiger partial charge in [-0.05, 0) is 62.2 Å². The third kappa shape index (κ3) is 8.63. The predicted octanol–water partition coefficient (Wildman–Crippen LogP) is 5.95. The smallest absolute Gasteiger partial charge is 0.410 e. The van der Waals surface area contributed by atoms with E-state index in [1.54, 1.807) is 11.1 Å². The van der Waals surface area contributed by atoms with E-state index in [0.29, 0.717) is 40.9 Å². The van der Waals surface area contributed by atoms with Crippen molar-refractivity contribution < 1.29 is 19.0 Å². The molecule has 1 aromatic heterocycles. The highest BCUT2D eigenvalue weighted by Gasteiger charge is 2.43. The molecule has 11 nitrogen and oxygen atoms in total. The lowest BCUT2D eigenvalue weighted by atomic mass is 9.77. The van der Waals surface area contributed by atoms with Gasteiger partial charge in [-0.1, -0.05) is 37.6 Å². The van der Waals surface area contributed by atoms with E-state index in [1.165, 1.54) is 0 Å². The Morgan fingerprint density at radius 3 is 2.25 bits per heavy atom. The van der Waals surface area contributed by atoms with E-state index in [2.05, 4.69) is 39.6 Å². The molecule has 0 radical (unpaired) electrons. The second-order valence-corrected chi connectivity index (χ2v) is 15.7. The number of carbonyl (C=O) groups is 1. The zero-order valence-corrected chi connectivity index (χ0v) is 31.6. The first-order chi connectivity index (χ1) is 24.3. The van der Waals surface area contributed by atoms with Crippen molar-refractivity contribution in [3.63, 3.8) is 0 Å². The fourth-order valence-corrected chi connectivity index (χ4v) is 7.05. The molecule has 0 atom stereocenters. The number of benzene rings is 2. The minimum atomic E-state index is -0.461. The zero-order valence-electron chi connectivity index (χ0n) is 30.1. The largest absolute Gasteiger partial charge is 0.489 e.